The number of phenols is 1. The van der Waals surface area contributed by atoms with Crippen molar-refractivity contribution in [2.24, 2.45) is 0 Å². The van der Waals surface area contributed by atoms with Crippen LogP contribution < -0.4 is 5.32 Å². The van der Waals surface area contributed by atoms with Gasteiger partial charge in [-0.3, -0.25) is 4.79 Å². The third-order valence-electron chi connectivity index (χ3n) is 2.39. The second-order valence-corrected chi connectivity index (χ2v) is 5.01. The molecule has 0 saturated heterocycles. The Morgan fingerprint density at radius 2 is 2.00 bits per heavy atom. The summed E-state index contributed by atoms with van der Waals surface area (Å²) in [5.41, 5.74) is 0.598. The van der Waals surface area contributed by atoms with Crippen LogP contribution in [-0.2, 0) is 0 Å². The number of carbonyl (C=O) groups excluding carboxylic acids is 1. The van der Waals surface area contributed by atoms with Gasteiger partial charge in [0, 0.05) is 11.3 Å². The van der Waals surface area contributed by atoms with Crippen LogP contribution in [0.3, 0.4) is 0 Å². The third-order valence-corrected chi connectivity index (χ3v) is 3.33. The molecule has 0 aliphatic heterocycles. The van der Waals surface area contributed by atoms with Crippen molar-refractivity contribution in [2.75, 3.05) is 5.32 Å². The molecule has 0 saturated carbocycles. The average Bonchev–Trinajstić information content (AvgIpc) is 2.37. The summed E-state index contributed by atoms with van der Waals surface area (Å²) in [7, 11) is 0. The Morgan fingerprint density at radius 1 is 1.26 bits per heavy atom. The number of halogens is 3. The van der Waals surface area contributed by atoms with E-state index in [0.29, 0.717) is 10.2 Å². The van der Waals surface area contributed by atoms with Gasteiger partial charge in [0.15, 0.2) is 0 Å². The molecule has 0 bridgehead atoms. The lowest BCUT2D eigenvalue weighted by Gasteiger charge is -2.07. The van der Waals surface area contributed by atoms with Gasteiger partial charge in [-0.2, -0.15) is 0 Å². The first-order valence-corrected chi connectivity index (χ1v) is 6.39. The summed E-state index contributed by atoms with van der Waals surface area (Å²) in [6.07, 6.45) is 0. The zero-order chi connectivity index (χ0) is 14.0. The minimum atomic E-state index is -0.471. The quantitative estimate of drug-likeness (QED) is 0.858. The summed E-state index contributed by atoms with van der Waals surface area (Å²) in [5.74, 6) is -1.02. The first-order valence-electron chi connectivity index (χ1n) is 5.22. The minimum Gasteiger partial charge on any atom is -0.506 e. The number of carbonyl (C=O) groups is 1. The third kappa shape index (κ3) is 3.24. The topological polar surface area (TPSA) is 49.3 Å². The monoisotopic (exact) mass is 343 g/mol. The zero-order valence-corrected chi connectivity index (χ0v) is 11.8. The SMILES string of the molecule is O=C(Nc1ccc(Br)c(F)c1)c1ccc(O)c(Cl)c1. The number of anilines is 1. The molecule has 0 aliphatic rings. The molecule has 1 amide bonds. The second kappa shape index (κ2) is 5.59. The van der Waals surface area contributed by atoms with Gasteiger partial charge in [0.25, 0.3) is 5.91 Å². The highest BCUT2D eigenvalue weighted by Crippen LogP contribution is 2.24. The van der Waals surface area contributed by atoms with Crippen LogP contribution in [0.2, 0.25) is 5.02 Å². The van der Waals surface area contributed by atoms with E-state index in [9.17, 15) is 14.3 Å². The van der Waals surface area contributed by atoms with Gasteiger partial charge in [-0.15, -0.1) is 0 Å². The van der Waals surface area contributed by atoms with E-state index in [1.165, 1.54) is 30.3 Å². The van der Waals surface area contributed by atoms with Gasteiger partial charge in [0.2, 0.25) is 0 Å². The fourth-order valence-corrected chi connectivity index (χ4v) is 1.85. The fourth-order valence-electron chi connectivity index (χ4n) is 1.43. The Hall–Kier alpha value is -1.59. The Kier molecular flexibility index (Phi) is 4.07. The van der Waals surface area contributed by atoms with Crippen LogP contribution >= 0.6 is 27.5 Å². The van der Waals surface area contributed by atoms with Crippen molar-refractivity contribution in [1.29, 1.82) is 0 Å². The summed E-state index contributed by atoms with van der Waals surface area (Å²) < 4.78 is 13.6. The van der Waals surface area contributed by atoms with Crippen LogP contribution in [0.5, 0.6) is 5.75 Å². The van der Waals surface area contributed by atoms with E-state index in [1.807, 2.05) is 0 Å². The molecule has 0 unspecified atom stereocenters. The number of phenolic OH excluding ortho intramolecular Hbond substituents is 1. The van der Waals surface area contributed by atoms with Gasteiger partial charge in [0.05, 0.1) is 9.50 Å². The summed E-state index contributed by atoms with van der Waals surface area (Å²) in [6, 6.07) is 8.33. The van der Waals surface area contributed by atoms with E-state index in [-0.39, 0.29) is 16.3 Å². The van der Waals surface area contributed by atoms with Gasteiger partial charge in [-0.05, 0) is 52.3 Å². The number of hydrogen-bond donors (Lipinski definition) is 2. The normalized spacial score (nSPS) is 10.3. The zero-order valence-electron chi connectivity index (χ0n) is 9.45. The second-order valence-electron chi connectivity index (χ2n) is 3.75. The molecule has 2 aromatic rings. The lowest BCUT2D eigenvalue weighted by molar-refractivity contribution is 0.102. The number of aromatic hydroxyl groups is 1. The Balaban J connectivity index is 2.20. The molecule has 98 valence electrons. The van der Waals surface area contributed by atoms with Crippen LogP contribution in [0.1, 0.15) is 10.4 Å². The molecule has 6 heteroatoms. The van der Waals surface area contributed by atoms with E-state index >= 15 is 0 Å². The highest BCUT2D eigenvalue weighted by molar-refractivity contribution is 9.10. The van der Waals surface area contributed by atoms with Crippen molar-refractivity contribution in [3.63, 3.8) is 0 Å². The van der Waals surface area contributed by atoms with Crippen molar-refractivity contribution < 1.29 is 14.3 Å². The Bertz CT molecular complexity index is 649. The van der Waals surface area contributed by atoms with Crippen molar-refractivity contribution in [1.82, 2.24) is 0 Å². The molecule has 0 aliphatic carbocycles. The van der Waals surface area contributed by atoms with Gasteiger partial charge in [-0.1, -0.05) is 11.6 Å². The first-order chi connectivity index (χ1) is 8.97. The highest BCUT2D eigenvalue weighted by Gasteiger charge is 2.09. The molecule has 2 rings (SSSR count). The van der Waals surface area contributed by atoms with Crippen molar-refractivity contribution >= 4 is 39.1 Å². The average molecular weight is 345 g/mol. The molecular weight excluding hydrogens is 337 g/mol. The van der Waals surface area contributed by atoms with Crippen LogP contribution in [0.15, 0.2) is 40.9 Å². The number of amides is 1. The number of benzene rings is 2. The first kappa shape index (κ1) is 13.8. The fraction of sp³-hybridized carbons (Fsp3) is 0. The lowest BCUT2D eigenvalue weighted by Crippen LogP contribution is -2.11. The minimum absolute atomic E-state index is 0.0784. The molecule has 19 heavy (non-hydrogen) atoms. The maximum atomic E-state index is 13.3. The van der Waals surface area contributed by atoms with Crippen molar-refractivity contribution in [2.45, 2.75) is 0 Å². The smallest absolute Gasteiger partial charge is 0.255 e. The number of hydrogen-bond acceptors (Lipinski definition) is 2. The van der Waals surface area contributed by atoms with Gasteiger partial charge in [0.1, 0.15) is 11.6 Å². The van der Waals surface area contributed by atoms with E-state index in [2.05, 4.69) is 21.2 Å². The van der Waals surface area contributed by atoms with Gasteiger partial charge in [-0.25, -0.2) is 4.39 Å². The van der Waals surface area contributed by atoms with Gasteiger partial charge < -0.3 is 10.4 Å². The molecular formula is C13H8BrClFNO2. The molecule has 0 aromatic heterocycles. The molecule has 2 aromatic carbocycles. The molecule has 0 atom stereocenters. The van der Waals surface area contributed by atoms with Crippen LogP contribution in [-0.4, -0.2) is 11.0 Å². The number of rotatable bonds is 2. The standard InChI is InChI=1S/C13H8BrClFNO2/c14-9-3-2-8(6-11(9)16)17-13(19)7-1-4-12(18)10(15)5-7/h1-6,18H,(H,17,19). The summed E-state index contributed by atoms with van der Waals surface area (Å²) in [6.45, 7) is 0. The van der Waals surface area contributed by atoms with E-state index in [4.69, 9.17) is 11.6 Å². The predicted octanol–water partition coefficient (Wildman–Crippen LogP) is 4.20. The van der Waals surface area contributed by atoms with Crippen molar-refractivity contribution in [3.8, 4) is 5.75 Å². The van der Waals surface area contributed by atoms with Crippen LogP contribution in [0.25, 0.3) is 0 Å². The molecule has 0 heterocycles. The molecule has 0 spiro atoms. The Morgan fingerprint density at radius 3 is 2.63 bits per heavy atom. The van der Waals surface area contributed by atoms with Crippen molar-refractivity contribution in [3.05, 3.63) is 57.3 Å². The number of nitrogens with one attached hydrogen (secondary N) is 1. The summed E-state index contributed by atoms with van der Waals surface area (Å²) >= 11 is 8.74. The summed E-state index contributed by atoms with van der Waals surface area (Å²) in [4.78, 5) is 11.9. The van der Waals surface area contributed by atoms with E-state index < -0.39 is 11.7 Å². The molecule has 3 nitrogen and oxygen atoms in total. The summed E-state index contributed by atoms with van der Waals surface area (Å²) in [5, 5.41) is 11.9. The van der Waals surface area contributed by atoms with Crippen LogP contribution in [0, 0.1) is 5.82 Å². The van der Waals surface area contributed by atoms with Gasteiger partial charge >= 0.3 is 0 Å². The maximum Gasteiger partial charge on any atom is 0.255 e. The molecule has 0 radical (unpaired) electrons. The van der Waals surface area contributed by atoms with E-state index in [0.717, 1.165) is 0 Å². The largest absolute Gasteiger partial charge is 0.506 e. The maximum absolute atomic E-state index is 13.3. The van der Waals surface area contributed by atoms with E-state index in [1.54, 1.807) is 6.07 Å². The highest BCUT2D eigenvalue weighted by atomic mass is 79.9. The predicted molar refractivity (Wildman–Crippen MR) is 75.2 cm³/mol. The lowest BCUT2D eigenvalue weighted by atomic mass is 10.2. The Labute approximate surface area is 122 Å². The molecule has 2 N–H and O–H groups in total. The molecule has 0 fully saturated rings. The van der Waals surface area contributed by atoms with Crippen LogP contribution in [0.4, 0.5) is 10.1 Å².